The molecule has 2 N–H and O–H groups in total. The van der Waals surface area contributed by atoms with Gasteiger partial charge in [0.15, 0.2) is 0 Å². The van der Waals surface area contributed by atoms with E-state index < -0.39 is 5.97 Å². The molecule has 28 heavy (non-hydrogen) atoms. The normalized spacial score (nSPS) is 10.5. The zero-order valence-electron chi connectivity index (χ0n) is 14.9. The van der Waals surface area contributed by atoms with Crippen LogP contribution in [0.1, 0.15) is 17.3 Å². The third-order valence-electron chi connectivity index (χ3n) is 3.55. The highest BCUT2D eigenvalue weighted by Gasteiger charge is 2.15. The smallest absolute Gasteiger partial charge is 0.341 e. The van der Waals surface area contributed by atoms with Crippen molar-refractivity contribution in [2.75, 3.05) is 17.7 Å². The van der Waals surface area contributed by atoms with Gasteiger partial charge in [0.1, 0.15) is 11.3 Å². The predicted octanol–water partition coefficient (Wildman–Crippen LogP) is 2.28. The lowest BCUT2D eigenvalue weighted by Crippen LogP contribution is -2.15. The summed E-state index contributed by atoms with van der Waals surface area (Å²) in [7, 11) is 0. The number of nitrogens with zero attached hydrogens (tertiary/aromatic N) is 4. The molecule has 0 spiro atoms. The summed E-state index contributed by atoms with van der Waals surface area (Å²) in [6.07, 6.45) is 0. The number of aromatic nitrogens is 4. The highest BCUT2D eigenvalue weighted by molar-refractivity contribution is 7.99. The molecule has 0 radical (unpaired) electrons. The molecule has 10 heteroatoms. The summed E-state index contributed by atoms with van der Waals surface area (Å²) in [6, 6.07) is 13.5. The lowest BCUT2D eigenvalue weighted by atomic mass is 10.2. The van der Waals surface area contributed by atoms with Gasteiger partial charge in [-0.05, 0) is 41.6 Å². The Morgan fingerprint density at radius 2 is 2.00 bits per heavy atom. The van der Waals surface area contributed by atoms with Crippen molar-refractivity contribution >= 4 is 29.3 Å². The molecule has 3 rings (SSSR count). The molecule has 144 valence electrons. The number of carbonyl (C=O) groups excluding carboxylic acids is 2. The van der Waals surface area contributed by atoms with Crippen molar-refractivity contribution in [3.63, 3.8) is 0 Å². The van der Waals surface area contributed by atoms with Gasteiger partial charge >= 0.3 is 5.97 Å². The monoisotopic (exact) mass is 399 g/mol. The molecule has 1 heterocycles. The number of hydrogen-bond acceptors (Lipinski definition) is 8. The van der Waals surface area contributed by atoms with Crippen molar-refractivity contribution in [2.24, 2.45) is 0 Å². The van der Waals surface area contributed by atoms with Crippen LogP contribution in [0.5, 0.6) is 5.75 Å². The first-order chi connectivity index (χ1) is 13.6. The average molecular weight is 399 g/mol. The molecule has 0 aliphatic rings. The lowest BCUT2D eigenvalue weighted by molar-refractivity contribution is -0.113. The van der Waals surface area contributed by atoms with Crippen molar-refractivity contribution < 1.29 is 19.4 Å². The van der Waals surface area contributed by atoms with Gasteiger partial charge in [0.05, 0.1) is 18.0 Å². The van der Waals surface area contributed by atoms with Crippen LogP contribution in [0.25, 0.3) is 5.69 Å². The average Bonchev–Trinajstić information content (AvgIpc) is 3.16. The number of thioether (sulfide) groups is 1. The maximum absolute atomic E-state index is 12.2. The van der Waals surface area contributed by atoms with Crippen LogP contribution in [0.2, 0.25) is 0 Å². The van der Waals surface area contributed by atoms with Crippen molar-refractivity contribution in [1.29, 1.82) is 0 Å². The van der Waals surface area contributed by atoms with E-state index in [0.717, 1.165) is 5.69 Å². The number of aromatic hydroxyl groups is 1. The van der Waals surface area contributed by atoms with E-state index in [2.05, 4.69) is 20.8 Å². The number of amides is 1. The van der Waals surface area contributed by atoms with E-state index in [1.807, 2.05) is 30.3 Å². The summed E-state index contributed by atoms with van der Waals surface area (Å²) in [5, 5.41) is 24.6. The van der Waals surface area contributed by atoms with Crippen molar-refractivity contribution in [3.05, 3.63) is 54.1 Å². The Kier molecular flexibility index (Phi) is 6.22. The zero-order valence-corrected chi connectivity index (χ0v) is 15.7. The van der Waals surface area contributed by atoms with Crippen LogP contribution in [-0.2, 0) is 9.53 Å². The molecule has 0 aliphatic heterocycles. The van der Waals surface area contributed by atoms with Crippen molar-refractivity contribution in [1.82, 2.24) is 20.2 Å². The van der Waals surface area contributed by atoms with Crippen LogP contribution in [0, 0.1) is 0 Å². The number of carbonyl (C=O) groups is 2. The molecule has 2 aromatic carbocycles. The van der Waals surface area contributed by atoms with E-state index in [-0.39, 0.29) is 29.6 Å². The van der Waals surface area contributed by atoms with Crippen LogP contribution in [0.3, 0.4) is 0 Å². The molecule has 3 aromatic rings. The third-order valence-corrected chi connectivity index (χ3v) is 4.47. The van der Waals surface area contributed by atoms with Crippen LogP contribution < -0.4 is 5.32 Å². The molecular weight excluding hydrogens is 382 g/mol. The van der Waals surface area contributed by atoms with Crippen LogP contribution in [0.15, 0.2) is 53.7 Å². The Morgan fingerprint density at radius 3 is 2.71 bits per heavy atom. The van der Waals surface area contributed by atoms with Gasteiger partial charge in [-0.2, -0.15) is 4.68 Å². The van der Waals surface area contributed by atoms with Crippen molar-refractivity contribution in [3.8, 4) is 11.4 Å². The molecule has 0 atom stereocenters. The largest absolute Gasteiger partial charge is 0.507 e. The second kappa shape index (κ2) is 9.00. The summed E-state index contributed by atoms with van der Waals surface area (Å²) in [4.78, 5) is 23.9. The molecule has 0 saturated heterocycles. The number of esters is 1. The van der Waals surface area contributed by atoms with E-state index in [1.54, 1.807) is 6.92 Å². The lowest BCUT2D eigenvalue weighted by Gasteiger charge is -2.08. The Bertz CT molecular complexity index is 977. The fourth-order valence-corrected chi connectivity index (χ4v) is 3.01. The quantitative estimate of drug-likeness (QED) is 0.459. The SMILES string of the molecule is CCOC(=O)c1ccc(NC(=O)CSc2nnnn2-c2ccccc2)cc1O. The number of phenolic OH excluding ortho intramolecular Hbond substituents is 1. The Balaban J connectivity index is 1.61. The van der Waals surface area contributed by atoms with E-state index in [9.17, 15) is 14.7 Å². The van der Waals surface area contributed by atoms with Gasteiger partial charge in [-0.25, -0.2) is 4.79 Å². The molecule has 0 saturated carbocycles. The first kappa shape index (κ1) is 19.4. The van der Waals surface area contributed by atoms with E-state index >= 15 is 0 Å². The Labute approximate surface area is 164 Å². The number of phenols is 1. The highest BCUT2D eigenvalue weighted by atomic mass is 32.2. The molecule has 0 unspecified atom stereocenters. The van der Waals surface area contributed by atoms with E-state index in [1.165, 1.54) is 34.6 Å². The van der Waals surface area contributed by atoms with Gasteiger partial charge in [-0.15, -0.1) is 5.10 Å². The number of ether oxygens (including phenoxy) is 1. The summed E-state index contributed by atoms with van der Waals surface area (Å²) >= 11 is 1.17. The summed E-state index contributed by atoms with van der Waals surface area (Å²) < 4.78 is 6.39. The fraction of sp³-hybridized carbons (Fsp3) is 0.167. The number of hydrogen-bond donors (Lipinski definition) is 2. The number of anilines is 1. The number of benzene rings is 2. The zero-order chi connectivity index (χ0) is 19.9. The van der Waals surface area contributed by atoms with Gasteiger partial charge in [0, 0.05) is 11.8 Å². The van der Waals surface area contributed by atoms with Crippen LogP contribution in [-0.4, -0.2) is 49.6 Å². The Hall–Kier alpha value is -3.40. The second-order valence-corrected chi connectivity index (χ2v) is 6.44. The molecule has 0 bridgehead atoms. The summed E-state index contributed by atoms with van der Waals surface area (Å²) in [6.45, 7) is 1.88. The third kappa shape index (κ3) is 4.65. The standard InChI is InChI=1S/C18H17N5O4S/c1-2-27-17(26)14-9-8-12(10-15(14)24)19-16(25)11-28-18-20-21-22-23(18)13-6-4-3-5-7-13/h3-10,24H,2,11H2,1H3,(H,19,25). The van der Waals surface area contributed by atoms with E-state index in [4.69, 9.17) is 4.74 Å². The number of para-hydroxylation sites is 1. The van der Waals surface area contributed by atoms with Crippen molar-refractivity contribution in [2.45, 2.75) is 12.1 Å². The number of nitrogens with one attached hydrogen (secondary N) is 1. The summed E-state index contributed by atoms with van der Waals surface area (Å²) in [5.41, 5.74) is 1.19. The van der Waals surface area contributed by atoms with E-state index in [0.29, 0.717) is 10.8 Å². The van der Waals surface area contributed by atoms with Gasteiger partial charge in [0.2, 0.25) is 11.1 Å². The predicted molar refractivity (Wildman–Crippen MR) is 103 cm³/mol. The van der Waals surface area contributed by atoms with Gasteiger partial charge < -0.3 is 15.2 Å². The second-order valence-electron chi connectivity index (χ2n) is 5.50. The Morgan fingerprint density at radius 1 is 1.21 bits per heavy atom. The number of rotatable bonds is 7. The first-order valence-corrected chi connectivity index (χ1v) is 9.33. The first-order valence-electron chi connectivity index (χ1n) is 8.35. The van der Waals surface area contributed by atoms with Gasteiger partial charge in [-0.3, -0.25) is 4.79 Å². The van der Waals surface area contributed by atoms with Gasteiger partial charge in [-0.1, -0.05) is 30.0 Å². The topological polar surface area (TPSA) is 119 Å². The highest BCUT2D eigenvalue weighted by Crippen LogP contribution is 2.23. The minimum absolute atomic E-state index is 0.0382. The molecular formula is C18H17N5O4S. The number of tetrazole rings is 1. The minimum atomic E-state index is -0.624. The fourth-order valence-electron chi connectivity index (χ4n) is 2.32. The molecule has 0 fully saturated rings. The maximum atomic E-state index is 12.2. The minimum Gasteiger partial charge on any atom is -0.507 e. The molecule has 1 aromatic heterocycles. The molecule has 9 nitrogen and oxygen atoms in total. The molecule has 0 aliphatic carbocycles. The van der Waals surface area contributed by atoms with Gasteiger partial charge in [0.25, 0.3) is 0 Å². The molecule has 1 amide bonds. The van der Waals surface area contributed by atoms with Crippen LogP contribution >= 0.6 is 11.8 Å². The van der Waals surface area contributed by atoms with Crippen LogP contribution in [0.4, 0.5) is 5.69 Å². The maximum Gasteiger partial charge on any atom is 0.341 e. The summed E-state index contributed by atoms with van der Waals surface area (Å²) in [5.74, 6) is -1.14.